The van der Waals surface area contributed by atoms with Crippen molar-refractivity contribution in [2.45, 2.75) is 104 Å². The van der Waals surface area contributed by atoms with Gasteiger partial charge in [0.2, 0.25) is 0 Å². The number of unbranched alkanes of at least 4 members (excludes halogenated alkanes) is 4. The van der Waals surface area contributed by atoms with E-state index in [0.29, 0.717) is 24.0 Å². The number of rotatable bonds is 11. The Balaban J connectivity index is 1.80. The van der Waals surface area contributed by atoms with E-state index >= 15 is 0 Å². The van der Waals surface area contributed by atoms with Gasteiger partial charge in [0.15, 0.2) is 0 Å². The van der Waals surface area contributed by atoms with Crippen LogP contribution in [0.5, 0.6) is 5.75 Å². The van der Waals surface area contributed by atoms with Crippen molar-refractivity contribution < 1.29 is 9.53 Å². The Morgan fingerprint density at radius 3 is 2.38 bits per heavy atom. The second-order valence-electron chi connectivity index (χ2n) is 9.09. The Labute approximate surface area is 177 Å². The first-order valence-electron chi connectivity index (χ1n) is 11.7. The van der Waals surface area contributed by atoms with Gasteiger partial charge in [-0.15, -0.1) is 0 Å². The number of benzene rings is 1. The summed E-state index contributed by atoms with van der Waals surface area (Å²) in [6.07, 6.45) is 12.5. The van der Waals surface area contributed by atoms with Gasteiger partial charge in [-0.1, -0.05) is 65.0 Å². The van der Waals surface area contributed by atoms with Crippen molar-refractivity contribution in [2.24, 2.45) is 11.3 Å². The van der Waals surface area contributed by atoms with Crippen LogP contribution in [0, 0.1) is 22.7 Å². The molecule has 1 atom stereocenters. The van der Waals surface area contributed by atoms with Crippen LogP contribution in [-0.4, -0.2) is 5.97 Å². The quantitative estimate of drug-likeness (QED) is 0.220. The standard InChI is InChI=1S/C26H39NO2/c1-4-6-7-8-9-10-25(28)29-24-13-11-22(12-14-24)23-15-17-26(20-27,18-16-23)19-21(3)5-2/h11-14,21,23H,4-10,15-19H2,1-3H3. The molecule has 0 aliphatic heterocycles. The molecule has 160 valence electrons. The van der Waals surface area contributed by atoms with Crippen molar-refractivity contribution in [3.63, 3.8) is 0 Å². The van der Waals surface area contributed by atoms with Gasteiger partial charge in [-0.25, -0.2) is 0 Å². The molecule has 3 heteroatoms. The van der Waals surface area contributed by atoms with Gasteiger partial charge >= 0.3 is 5.97 Å². The highest BCUT2D eigenvalue weighted by Crippen LogP contribution is 2.46. The van der Waals surface area contributed by atoms with Crippen LogP contribution in [0.4, 0.5) is 0 Å². The number of nitriles is 1. The number of carbonyl (C=O) groups is 1. The lowest BCUT2D eigenvalue weighted by atomic mass is 9.66. The molecule has 0 radical (unpaired) electrons. The molecule has 1 aliphatic rings. The monoisotopic (exact) mass is 397 g/mol. The second kappa shape index (κ2) is 12.0. The van der Waals surface area contributed by atoms with E-state index in [1.807, 2.05) is 12.1 Å². The molecular weight excluding hydrogens is 358 g/mol. The van der Waals surface area contributed by atoms with Gasteiger partial charge < -0.3 is 4.74 Å². The van der Waals surface area contributed by atoms with Crippen LogP contribution in [0.15, 0.2) is 24.3 Å². The Morgan fingerprint density at radius 1 is 1.14 bits per heavy atom. The van der Waals surface area contributed by atoms with Gasteiger partial charge in [0, 0.05) is 6.42 Å². The Bertz CT molecular complexity index is 650. The van der Waals surface area contributed by atoms with Crippen molar-refractivity contribution in [1.29, 1.82) is 5.26 Å². The van der Waals surface area contributed by atoms with E-state index in [1.165, 1.54) is 24.8 Å². The Morgan fingerprint density at radius 2 is 1.79 bits per heavy atom. The lowest BCUT2D eigenvalue weighted by Gasteiger charge is -2.36. The van der Waals surface area contributed by atoms with Crippen LogP contribution in [0.3, 0.4) is 0 Å². The molecule has 1 fully saturated rings. The zero-order valence-corrected chi connectivity index (χ0v) is 18.7. The van der Waals surface area contributed by atoms with E-state index in [1.54, 1.807) is 0 Å². The van der Waals surface area contributed by atoms with Crippen molar-refractivity contribution in [1.82, 2.24) is 0 Å². The topological polar surface area (TPSA) is 50.1 Å². The van der Waals surface area contributed by atoms with Gasteiger partial charge in [-0.2, -0.15) is 5.26 Å². The number of hydrogen-bond donors (Lipinski definition) is 0. The molecular formula is C26H39NO2. The largest absolute Gasteiger partial charge is 0.427 e. The maximum Gasteiger partial charge on any atom is 0.311 e. The summed E-state index contributed by atoms with van der Waals surface area (Å²) in [5, 5.41) is 9.77. The van der Waals surface area contributed by atoms with Crippen LogP contribution in [0.25, 0.3) is 0 Å². The first kappa shape index (κ1) is 23.5. The van der Waals surface area contributed by atoms with Crippen LogP contribution < -0.4 is 4.74 Å². The molecule has 1 saturated carbocycles. The molecule has 0 bridgehead atoms. The smallest absolute Gasteiger partial charge is 0.311 e. The molecule has 1 aromatic rings. The minimum Gasteiger partial charge on any atom is -0.427 e. The third-order valence-electron chi connectivity index (χ3n) is 6.68. The van der Waals surface area contributed by atoms with Crippen molar-refractivity contribution >= 4 is 5.97 Å². The maximum absolute atomic E-state index is 12.0. The maximum atomic E-state index is 12.0. The predicted octanol–water partition coefficient (Wildman–Crippen LogP) is 7.56. The second-order valence-corrected chi connectivity index (χ2v) is 9.09. The minimum absolute atomic E-state index is 0.126. The molecule has 0 amide bonds. The SMILES string of the molecule is CCCCCCCC(=O)Oc1ccc(C2CCC(C#N)(CC(C)CC)CC2)cc1. The van der Waals surface area contributed by atoms with Gasteiger partial charge in [0.05, 0.1) is 11.5 Å². The van der Waals surface area contributed by atoms with Crippen molar-refractivity contribution in [2.75, 3.05) is 0 Å². The van der Waals surface area contributed by atoms with Crippen LogP contribution in [0.2, 0.25) is 0 Å². The van der Waals surface area contributed by atoms with E-state index in [2.05, 4.69) is 39.0 Å². The van der Waals surface area contributed by atoms with Crippen molar-refractivity contribution in [3.05, 3.63) is 29.8 Å². The molecule has 1 aliphatic carbocycles. The summed E-state index contributed by atoms with van der Waals surface area (Å²) in [6, 6.07) is 10.7. The van der Waals surface area contributed by atoms with E-state index in [-0.39, 0.29) is 11.4 Å². The molecule has 0 aromatic heterocycles. The summed E-state index contributed by atoms with van der Waals surface area (Å²) >= 11 is 0. The van der Waals surface area contributed by atoms with E-state index in [9.17, 15) is 10.1 Å². The first-order chi connectivity index (χ1) is 14.0. The molecule has 0 saturated heterocycles. The third kappa shape index (κ3) is 7.50. The number of esters is 1. The fraction of sp³-hybridized carbons (Fsp3) is 0.692. The first-order valence-corrected chi connectivity index (χ1v) is 11.7. The molecule has 1 unspecified atom stereocenters. The van der Waals surface area contributed by atoms with Gasteiger partial charge in [-0.3, -0.25) is 4.79 Å². The fourth-order valence-corrected chi connectivity index (χ4v) is 4.54. The van der Waals surface area contributed by atoms with Crippen LogP contribution >= 0.6 is 0 Å². The molecule has 0 heterocycles. The summed E-state index contributed by atoms with van der Waals surface area (Å²) in [6.45, 7) is 6.66. The number of carbonyl (C=O) groups excluding carboxylic acids is 1. The third-order valence-corrected chi connectivity index (χ3v) is 6.68. The van der Waals surface area contributed by atoms with E-state index < -0.39 is 0 Å². The molecule has 29 heavy (non-hydrogen) atoms. The summed E-state index contributed by atoms with van der Waals surface area (Å²) in [7, 11) is 0. The molecule has 2 rings (SSSR count). The number of hydrogen-bond acceptors (Lipinski definition) is 3. The summed E-state index contributed by atoms with van der Waals surface area (Å²) in [5.74, 6) is 1.64. The van der Waals surface area contributed by atoms with E-state index in [0.717, 1.165) is 51.4 Å². The lowest BCUT2D eigenvalue weighted by molar-refractivity contribution is -0.134. The molecule has 1 aromatic carbocycles. The van der Waals surface area contributed by atoms with Gasteiger partial charge in [0.25, 0.3) is 0 Å². The van der Waals surface area contributed by atoms with Crippen molar-refractivity contribution in [3.8, 4) is 11.8 Å². The molecule has 0 N–H and O–H groups in total. The average Bonchev–Trinajstić information content (AvgIpc) is 2.74. The van der Waals surface area contributed by atoms with Crippen LogP contribution in [-0.2, 0) is 4.79 Å². The Hall–Kier alpha value is -1.82. The molecule has 3 nitrogen and oxygen atoms in total. The highest BCUT2D eigenvalue weighted by molar-refractivity contribution is 5.72. The van der Waals surface area contributed by atoms with E-state index in [4.69, 9.17) is 4.74 Å². The molecule has 0 spiro atoms. The summed E-state index contributed by atoms with van der Waals surface area (Å²) < 4.78 is 5.49. The van der Waals surface area contributed by atoms with Gasteiger partial charge in [0.1, 0.15) is 5.75 Å². The fourth-order valence-electron chi connectivity index (χ4n) is 4.54. The average molecular weight is 398 g/mol. The highest BCUT2D eigenvalue weighted by atomic mass is 16.5. The van der Waals surface area contributed by atoms with Crippen LogP contribution in [0.1, 0.15) is 109 Å². The number of ether oxygens (including phenoxy) is 1. The predicted molar refractivity (Wildman–Crippen MR) is 119 cm³/mol. The summed E-state index contributed by atoms with van der Waals surface area (Å²) in [5.41, 5.74) is 1.18. The zero-order valence-electron chi connectivity index (χ0n) is 18.7. The van der Waals surface area contributed by atoms with Gasteiger partial charge in [-0.05, 0) is 68.1 Å². The Kier molecular flexibility index (Phi) is 9.71. The zero-order chi connectivity index (χ0) is 21.1. The normalized spacial score (nSPS) is 22.6. The summed E-state index contributed by atoms with van der Waals surface area (Å²) in [4.78, 5) is 12.0. The number of nitrogens with zero attached hydrogens (tertiary/aromatic N) is 1. The lowest BCUT2D eigenvalue weighted by Crippen LogP contribution is -2.27. The minimum atomic E-state index is -0.129. The highest BCUT2D eigenvalue weighted by Gasteiger charge is 2.36.